The van der Waals surface area contributed by atoms with E-state index >= 15 is 0 Å². The average Bonchev–Trinajstić information content (AvgIpc) is 2.53. The third-order valence-electron chi connectivity index (χ3n) is 3.70. The first-order valence-electron chi connectivity index (χ1n) is 7.01. The van der Waals surface area contributed by atoms with Crippen LogP contribution < -0.4 is 5.73 Å². The van der Waals surface area contributed by atoms with Gasteiger partial charge in [-0.2, -0.15) is 11.8 Å². The SMILES string of the molecule is COC(CN)CC(=O)N1CCSCC1c1ccc(Cl)cc1.Cl. The van der Waals surface area contributed by atoms with E-state index in [1.54, 1.807) is 7.11 Å². The topological polar surface area (TPSA) is 55.6 Å². The van der Waals surface area contributed by atoms with Crippen LogP contribution in [0.1, 0.15) is 18.0 Å². The second-order valence-corrected chi connectivity index (χ2v) is 6.61. The molecule has 1 aromatic rings. The molecule has 1 heterocycles. The Morgan fingerprint density at radius 1 is 1.50 bits per heavy atom. The third-order valence-corrected chi connectivity index (χ3v) is 4.98. The van der Waals surface area contributed by atoms with Crippen LogP contribution in [0, 0.1) is 0 Å². The largest absolute Gasteiger partial charge is 0.380 e. The third kappa shape index (κ3) is 5.03. The number of methoxy groups -OCH3 is 1. The lowest BCUT2D eigenvalue weighted by Gasteiger charge is -2.36. The number of thioether (sulfide) groups is 1. The summed E-state index contributed by atoms with van der Waals surface area (Å²) in [5.41, 5.74) is 6.74. The highest BCUT2D eigenvalue weighted by Crippen LogP contribution is 2.31. The number of carbonyl (C=O) groups excluding carboxylic acids is 1. The lowest BCUT2D eigenvalue weighted by Crippen LogP contribution is -2.43. The summed E-state index contributed by atoms with van der Waals surface area (Å²) < 4.78 is 5.22. The van der Waals surface area contributed by atoms with Gasteiger partial charge < -0.3 is 15.4 Å². The van der Waals surface area contributed by atoms with Crippen molar-refractivity contribution in [3.8, 4) is 0 Å². The van der Waals surface area contributed by atoms with Crippen LogP contribution in [-0.2, 0) is 9.53 Å². The minimum Gasteiger partial charge on any atom is -0.380 e. The molecule has 0 saturated carbocycles. The zero-order valence-corrected chi connectivity index (χ0v) is 14.9. The molecule has 0 aliphatic carbocycles. The van der Waals surface area contributed by atoms with Gasteiger partial charge in [0.2, 0.25) is 5.91 Å². The summed E-state index contributed by atoms with van der Waals surface area (Å²) in [6, 6.07) is 7.84. The summed E-state index contributed by atoms with van der Waals surface area (Å²) in [5, 5.41) is 0.711. The van der Waals surface area contributed by atoms with Crippen LogP contribution in [0.25, 0.3) is 0 Å². The Morgan fingerprint density at radius 3 is 2.77 bits per heavy atom. The van der Waals surface area contributed by atoms with E-state index in [9.17, 15) is 4.79 Å². The monoisotopic (exact) mass is 364 g/mol. The minimum atomic E-state index is -0.210. The van der Waals surface area contributed by atoms with Gasteiger partial charge >= 0.3 is 0 Å². The maximum Gasteiger partial charge on any atom is 0.225 e. The van der Waals surface area contributed by atoms with E-state index in [2.05, 4.69) is 0 Å². The van der Waals surface area contributed by atoms with Gasteiger partial charge in [-0.1, -0.05) is 23.7 Å². The average molecular weight is 365 g/mol. The Hall–Kier alpha value is -0.460. The Labute approximate surface area is 147 Å². The molecule has 1 saturated heterocycles. The summed E-state index contributed by atoms with van der Waals surface area (Å²) in [6.07, 6.45) is 0.125. The molecule has 1 aliphatic rings. The molecule has 7 heteroatoms. The number of benzene rings is 1. The Bertz CT molecular complexity index is 469. The van der Waals surface area contributed by atoms with Crippen molar-refractivity contribution in [2.75, 3.05) is 31.7 Å². The van der Waals surface area contributed by atoms with Gasteiger partial charge in [-0.25, -0.2) is 0 Å². The number of hydrogen-bond acceptors (Lipinski definition) is 4. The van der Waals surface area contributed by atoms with Crippen LogP contribution >= 0.6 is 35.8 Å². The molecule has 1 fully saturated rings. The number of amides is 1. The van der Waals surface area contributed by atoms with Gasteiger partial charge in [0.1, 0.15) is 0 Å². The number of hydrogen-bond donors (Lipinski definition) is 1. The van der Waals surface area contributed by atoms with E-state index < -0.39 is 0 Å². The summed E-state index contributed by atoms with van der Waals surface area (Å²) in [6.45, 7) is 1.12. The van der Waals surface area contributed by atoms with Gasteiger partial charge in [0.25, 0.3) is 0 Å². The van der Waals surface area contributed by atoms with Gasteiger partial charge in [0, 0.05) is 36.7 Å². The highest BCUT2D eigenvalue weighted by atomic mass is 35.5. The van der Waals surface area contributed by atoms with E-state index in [-0.39, 0.29) is 30.5 Å². The number of rotatable bonds is 5. The molecule has 0 spiro atoms. The zero-order valence-electron chi connectivity index (χ0n) is 12.5. The molecule has 2 N–H and O–H groups in total. The fourth-order valence-electron chi connectivity index (χ4n) is 2.44. The van der Waals surface area contributed by atoms with Crippen LogP contribution in [0.15, 0.2) is 24.3 Å². The van der Waals surface area contributed by atoms with Crippen LogP contribution in [0.3, 0.4) is 0 Å². The van der Waals surface area contributed by atoms with Crippen LogP contribution in [0.2, 0.25) is 5.02 Å². The van der Waals surface area contributed by atoms with Crippen LogP contribution in [-0.4, -0.2) is 48.6 Å². The van der Waals surface area contributed by atoms with E-state index in [0.29, 0.717) is 18.0 Å². The van der Waals surface area contributed by atoms with Gasteiger partial charge in [-0.15, -0.1) is 12.4 Å². The number of carbonyl (C=O) groups is 1. The molecule has 4 nitrogen and oxygen atoms in total. The molecule has 22 heavy (non-hydrogen) atoms. The summed E-state index contributed by atoms with van der Waals surface area (Å²) in [7, 11) is 1.59. The molecule has 0 aromatic heterocycles. The van der Waals surface area contributed by atoms with Crippen molar-refractivity contribution in [3.63, 3.8) is 0 Å². The molecular formula is C15H22Cl2N2O2S. The molecule has 2 atom stereocenters. The van der Waals surface area contributed by atoms with Crippen LogP contribution in [0.5, 0.6) is 0 Å². The second-order valence-electron chi connectivity index (χ2n) is 5.03. The summed E-state index contributed by atoms with van der Waals surface area (Å²) in [5.74, 6) is 1.98. The van der Waals surface area contributed by atoms with Crippen LogP contribution in [0.4, 0.5) is 0 Å². The van der Waals surface area contributed by atoms with Gasteiger partial charge in [0.05, 0.1) is 18.6 Å². The second kappa shape index (κ2) is 9.63. The summed E-state index contributed by atoms with van der Waals surface area (Å²) >= 11 is 7.81. The maximum atomic E-state index is 12.5. The molecule has 1 aliphatic heterocycles. The van der Waals surface area contributed by atoms with Crippen molar-refractivity contribution >= 4 is 41.7 Å². The van der Waals surface area contributed by atoms with Crippen molar-refractivity contribution < 1.29 is 9.53 Å². The lowest BCUT2D eigenvalue weighted by molar-refractivity contribution is -0.135. The first-order valence-corrected chi connectivity index (χ1v) is 8.54. The standard InChI is InChI=1S/C15H21ClN2O2S.ClH/c1-20-13(9-17)8-15(19)18-6-7-21-10-14(18)11-2-4-12(16)5-3-11;/h2-5,13-14H,6-10,17H2,1H3;1H. The molecular weight excluding hydrogens is 343 g/mol. The first-order chi connectivity index (χ1) is 10.2. The smallest absolute Gasteiger partial charge is 0.225 e. The summed E-state index contributed by atoms with van der Waals surface area (Å²) in [4.78, 5) is 14.5. The van der Waals surface area contributed by atoms with Crippen molar-refractivity contribution in [2.24, 2.45) is 5.73 Å². The molecule has 0 bridgehead atoms. The van der Waals surface area contributed by atoms with E-state index in [1.165, 1.54) is 0 Å². The molecule has 1 amide bonds. The highest BCUT2D eigenvalue weighted by Gasteiger charge is 2.29. The molecule has 2 unspecified atom stereocenters. The normalized spacial score (nSPS) is 19.4. The minimum absolute atomic E-state index is 0. The van der Waals surface area contributed by atoms with Gasteiger partial charge in [-0.3, -0.25) is 4.79 Å². The van der Waals surface area contributed by atoms with E-state index in [1.807, 2.05) is 40.9 Å². The lowest BCUT2D eigenvalue weighted by atomic mass is 10.1. The Morgan fingerprint density at radius 2 is 2.18 bits per heavy atom. The number of nitrogens with two attached hydrogens (primary N) is 1. The molecule has 1 aromatic carbocycles. The first kappa shape index (κ1) is 19.6. The molecule has 124 valence electrons. The van der Waals surface area contributed by atoms with Crippen molar-refractivity contribution in [1.82, 2.24) is 4.90 Å². The fraction of sp³-hybridized carbons (Fsp3) is 0.533. The van der Waals surface area contributed by atoms with Crippen molar-refractivity contribution in [1.29, 1.82) is 0 Å². The van der Waals surface area contributed by atoms with E-state index in [4.69, 9.17) is 22.1 Å². The Kier molecular flexibility index (Phi) is 8.57. The number of ether oxygens (including phenoxy) is 1. The Balaban J connectivity index is 0.00000242. The van der Waals surface area contributed by atoms with Gasteiger partial charge in [-0.05, 0) is 17.7 Å². The molecule has 2 rings (SSSR count). The predicted octanol–water partition coefficient (Wildman–Crippen LogP) is 2.74. The maximum absolute atomic E-state index is 12.5. The van der Waals surface area contributed by atoms with Gasteiger partial charge in [0.15, 0.2) is 0 Å². The van der Waals surface area contributed by atoms with Crippen molar-refractivity contribution in [2.45, 2.75) is 18.6 Å². The fourth-order valence-corrected chi connectivity index (χ4v) is 3.65. The molecule has 0 radical (unpaired) electrons. The quantitative estimate of drug-likeness (QED) is 0.872. The highest BCUT2D eigenvalue weighted by molar-refractivity contribution is 7.99. The predicted molar refractivity (Wildman–Crippen MR) is 94.9 cm³/mol. The number of nitrogens with zero attached hydrogens (tertiary/aromatic N) is 1. The zero-order chi connectivity index (χ0) is 15.2. The van der Waals surface area contributed by atoms with Crippen molar-refractivity contribution in [3.05, 3.63) is 34.9 Å². The number of halogens is 2. The van der Waals surface area contributed by atoms with E-state index in [0.717, 1.165) is 23.6 Å².